The first kappa shape index (κ1) is 15.7. The normalized spacial score (nSPS) is 20.2. The predicted octanol–water partition coefficient (Wildman–Crippen LogP) is 0.285. The zero-order valence-corrected chi connectivity index (χ0v) is 11.2. The Balaban J connectivity index is 2.46. The van der Waals surface area contributed by atoms with Crippen LogP contribution in [0.15, 0.2) is 0 Å². The Bertz CT molecular complexity index is 338. The van der Waals surface area contributed by atoms with Crippen molar-refractivity contribution in [2.24, 2.45) is 5.73 Å². The lowest BCUT2D eigenvalue weighted by Gasteiger charge is -2.21. The van der Waals surface area contributed by atoms with Crippen LogP contribution in [0.3, 0.4) is 0 Å². The third-order valence-corrected chi connectivity index (χ3v) is 4.60. The molecule has 0 bridgehead atoms. The number of unbranched alkanes of at least 4 members (excludes halogenated alkanes) is 1. The molecule has 1 heterocycles. The molecule has 5 nitrogen and oxygen atoms in total. The van der Waals surface area contributed by atoms with Gasteiger partial charge in [-0.25, -0.2) is 8.42 Å². The third-order valence-electron chi connectivity index (χ3n) is 3.06. The fourth-order valence-electron chi connectivity index (χ4n) is 2.02. The lowest BCUT2D eigenvalue weighted by molar-refractivity contribution is 0.218. The van der Waals surface area contributed by atoms with E-state index in [1.807, 2.05) is 0 Å². The number of nitrogens with zero attached hydrogens (tertiary/aromatic N) is 2. The molecule has 1 rings (SSSR count). The molecule has 0 saturated carbocycles. The maximum Gasteiger partial charge on any atom is 0.350 e. The largest absolute Gasteiger partial charge is 0.350 e. The minimum absolute atomic E-state index is 0.148. The van der Waals surface area contributed by atoms with E-state index in [0.717, 1.165) is 30.2 Å². The summed E-state index contributed by atoms with van der Waals surface area (Å²) in [7, 11) is -4.42. The fourth-order valence-corrected chi connectivity index (χ4v) is 2.96. The Morgan fingerprint density at radius 1 is 1.11 bits per heavy atom. The van der Waals surface area contributed by atoms with Crippen molar-refractivity contribution in [2.75, 3.05) is 39.3 Å². The third kappa shape index (κ3) is 4.42. The Morgan fingerprint density at radius 3 is 2.44 bits per heavy atom. The quantitative estimate of drug-likeness (QED) is 0.712. The average Bonchev–Trinajstić information content (AvgIpc) is 2.55. The van der Waals surface area contributed by atoms with Crippen LogP contribution >= 0.6 is 0 Å². The molecule has 1 aliphatic heterocycles. The van der Waals surface area contributed by atoms with Crippen LogP contribution in [0.1, 0.15) is 19.3 Å². The molecule has 2 N–H and O–H groups in total. The van der Waals surface area contributed by atoms with Crippen LogP contribution in [0.5, 0.6) is 0 Å². The van der Waals surface area contributed by atoms with E-state index in [0.29, 0.717) is 19.5 Å². The predicted molar refractivity (Wildman–Crippen MR) is 65.8 cm³/mol. The van der Waals surface area contributed by atoms with Crippen molar-refractivity contribution < 1.29 is 17.2 Å². The lowest BCUT2D eigenvalue weighted by Crippen LogP contribution is -2.38. The molecule has 0 aromatic rings. The summed E-state index contributed by atoms with van der Waals surface area (Å²) in [6, 6.07) is 0. The molecule has 1 aliphatic rings. The first-order valence-electron chi connectivity index (χ1n) is 6.18. The fraction of sp³-hybridized carbons (Fsp3) is 1.00. The van der Waals surface area contributed by atoms with Crippen LogP contribution in [-0.4, -0.2) is 62.6 Å². The van der Waals surface area contributed by atoms with E-state index in [4.69, 9.17) is 5.73 Å². The molecule has 0 radical (unpaired) electrons. The van der Waals surface area contributed by atoms with Gasteiger partial charge in [0.05, 0.1) is 0 Å². The van der Waals surface area contributed by atoms with E-state index >= 15 is 0 Å². The topological polar surface area (TPSA) is 66.6 Å². The van der Waals surface area contributed by atoms with Gasteiger partial charge in [0.15, 0.2) is 0 Å². The highest BCUT2D eigenvalue weighted by Gasteiger charge is 2.32. The molecule has 108 valence electrons. The van der Waals surface area contributed by atoms with Gasteiger partial charge in [0.25, 0.3) is 10.0 Å². The van der Waals surface area contributed by atoms with Crippen LogP contribution in [0.2, 0.25) is 0 Å². The Labute approximate surface area is 107 Å². The highest BCUT2D eigenvalue weighted by molar-refractivity contribution is 7.89. The molecule has 8 heteroatoms. The van der Waals surface area contributed by atoms with Gasteiger partial charge >= 0.3 is 5.76 Å². The molecular formula is C10H21F2N3O2S. The van der Waals surface area contributed by atoms with Crippen LogP contribution in [0, 0.1) is 0 Å². The van der Waals surface area contributed by atoms with E-state index in [9.17, 15) is 17.2 Å². The van der Waals surface area contributed by atoms with Gasteiger partial charge in [-0.15, -0.1) is 0 Å². The highest BCUT2D eigenvalue weighted by atomic mass is 32.2. The van der Waals surface area contributed by atoms with Crippen LogP contribution in [0.25, 0.3) is 0 Å². The summed E-state index contributed by atoms with van der Waals surface area (Å²) in [5, 5.41) is 0. The van der Waals surface area contributed by atoms with Crippen molar-refractivity contribution in [1.82, 2.24) is 9.21 Å². The van der Waals surface area contributed by atoms with Crippen LogP contribution in [0.4, 0.5) is 8.78 Å². The first-order chi connectivity index (χ1) is 8.48. The SMILES string of the molecule is NCCCCN1CCCN(S(=O)(=O)C(F)F)CC1. The van der Waals surface area contributed by atoms with Gasteiger partial charge in [-0.3, -0.25) is 0 Å². The van der Waals surface area contributed by atoms with Gasteiger partial charge < -0.3 is 10.6 Å². The summed E-state index contributed by atoms with van der Waals surface area (Å²) in [5.74, 6) is -3.32. The lowest BCUT2D eigenvalue weighted by atomic mass is 10.3. The van der Waals surface area contributed by atoms with E-state index in [1.165, 1.54) is 0 Å². The smallest absolute Gasteiger partial charge is 0.330 e. The number of alkyl halides is 2. The molecular weight excluding hydrogens is 264 g/mol. The van der Waals surface area contributed by atoms with Crippen molar-refractivity contribution in [3.63, 3.8) is 0 Å². The number of hydrogen-bond donors (Lipinski definition) is 1. The van der Waals surface area contributed by atoms with Crippen molar-refractivity contribution in [3.05, 3.63) is 0 Å². The number of sulfonamides is 1. The molecule has 0 aromatic heterocycles. The van der Waals surface area contributed by atoms with Gasteiger partial charge in [-0.1, -0.05) is 0 Å². The molecule has 0 aromatic carbocycles. The summed E-state index contributed by atoms with van der Waals surface area (Å²) < 4.78 is 48.4. The summed E-state index contributed by atoms with van der Waals surface area (Å²) in [6.45, 7) is 3.07. The molecule has 0 amide bonds. The zero-order chi connectivity index (χ0) is 13.6. The monoisotopic (exact) mass is 285 g/mol. The Hall–Kier alpha value is -0.310. The van der Waals surface area contributed by atoms with Crippen molar-refractivity contribution in [3.8, 4) is 0 Å². The summed E-state index contributed by atoms with van der Waals surface area (Å²) in [5.41, 5.74) is 5.40. The molecule has 1 fully saturated rings. The second-order valence-electron chi connectivity index (χ2n) is 4.40. The van der Waals surface area contributed by atoms with Gasteiger partial charge in [-0.05, 0) is 38.9 Å². The zero-order valence-electron chi connectivity index (χ0n) is 10.4. The number of rotatable bonds is 6. The Morgan fingerprint density at radius 2 is 1.83 bits per heavy atom. The van der Waals surface area contributed by atoms with Crippen molar-refractivity contribution in [1.29, 1.82) is 0 Å². The van der Waals surface area contributed by atoms with Gasteiger partial charge in [-0.2, -0.15) is 13.1 Å². The maximum absolute atomic E-state index is 12.4. The molecule has 0 unspecified atom stereocenters. The molecule has 0 aliphatic carbocycles. The number of halogens is 2. The Kier molecular flexibility index (Phi) is 6.40. The summed E-state index contributed by atoms with van der Waals surface area (Å²) in [4.78, 5) is 2.11. The molecule has 1 saturated heterocycles. The summed E-state index contributed by atoms with van der Waals surface area (Å²) in [6.07, 6.45) is 2.47. The first-order valence-corrected chi connectivity index (χ1v) is 7.68. The van der Waals surface area contributed by atoms with E-state index in [1.54, 1.807) is 0 Å². The minimum Gasteiger partial charge on any atom is -0.330 e. The van der Waals surface area contributed by atoms with Crippen LogP contribution < -0.4 is 5.73 Å². The number of hydrogen-bond acceptors (Lipinski definition) is 4. The van der Waals surface area contributed by atoms with E-state index in [2.05, 4.69) is 4.90 Å². The standard InChI is InChI=1S/C10H21F2N3O2S/c11-10(12)18(16,17)15-7-3-6-14(8-9-15)5-2-1-4-13/h10H,1-9,13H2. The van der Waals surface area contributed by atoms with Crippen molar-refractivity contribution in [2.45, 2.75) is 25.0 Å². The van der Waals surface area contributed by atoms with Gasteiger partial charge in [0.1, 0.15) is 0 Å². The van der Waals surface area contributed by atoms with E-state index < -0.39 is 15.8 Å². The van der Waals surface area contributed by atoms with Crippen LogP contribution in [-0.2, 0) is 10.0 Å². The van der Waals surface area contributed by atoms with E-state index in [-0.39, 0.29) is 13.1 Å². The summed E-state index contributed by atoms with van der Waals surface area (Å²) >= 11 is 0. The minimum atomic E-state index is -4.42. The molecule has 18 heavy (non-hydrogen) atoms. The average molecular weight is 285 g/mol. The highest BCUT2D eigenvalue weighted by Crippen LogP contribution is 2.15. The van der Waals surface area contributed by atoms with Gasteiger partial charge in [0.2, 0.25) is 0 Å². The van der Waals surface area contributed by atoms with Crippen molar-refractivity contribution >= 4 is 10.0 Å². The second-order valence-corrected chi connectivity index (χ2v) is 6.30. The molecule has 0 atom stereocenters. The second kappa shape index (κ2) is 7.32. The number of nitrogens with two attached hydrogens (primary N) is 1. The van der Waals surface area contributed by atoms with Gasteiger partial charge in [0, 0.05) is 19.6 Å². The molecule has 0 spiro atoms. The maximum atomic E-state index is 12.4.